The molecule has 2 rings (SSSR count). The minimum Gasteiger partial charge on any atom is -0.406 e. The Balaban J connectivity index is 1.99. The Kier molecular flexibility index (Phi) is 5.63. The maximum Gasteiger partial charge on any atom is 0.573 e. The molecule has 0 aliphatic heterocycles. The van der Waals surface area contributed by atoms with Gasteiger partial charge < -0.3 is 10.1 Å². The summed E-state index contributed by atoms with van der Waals surface area (Å²) in [4.78, 5) is 4.00. The Hall–Kier alpha value is -2.76. The van der Waals surface area contributed by atoms with Crippen LogP contribution in [-0.2, 0) is 0 Å². The summed E-state index contributed by atoms with van der Waals surface area (Å²) in [5.41, 5.74) is 2.22. The molecule has 0 saturated carbocycles. The Morgan fingerprint density at radius 3 is 2.75 bits per heavy atom. The van der Waals surface area contributed by atoms with Crippen molar-refractivity contribution in [2.75, 3.05) is 0 Å². The number of rotatable bonds is 6. The Bertz CT molecular complexity index is 712. The summed E-state index contributed by atoms with van der Waals surface area (Å²) in [6, 6.07) is 9.35. The molecule has 0 bridgehead atoms. The van der Waals surface area contributed by atoms with Crippen LogP contribution in [0.5, 0.6) is 5.75 Å². The highest BCUT2D eigenvalue weighted by Crippen LogP contribution is 2.25. The van der Waals surface area contributed by atoms with Crippen molar-refractivity contribution in [3.8, 4) is 5.75 Å². The molecule has 24 heavy (non-hydrogen) atoms. The molecule has 0 aliphatic carbocycles. The number of pyridine rings is 1. The lowest BCUT2D eigenvalue weighted by atomic mass is 10.1. The van der Waals surface area contributed by atoms with Crippen molar-refractivity contribution in [2.24, 2.45) is 0 Å². The summed E-state index contributed by atoms with van der Waals surface area (Å²) in [5, 5.41) is 3.12. The van der Waals surface area contributed by atoms with Crippen LogP contribution in [0, 0.1) is 0 Å². The third-order valence-electron chi connectivity index (χ3n) is 3.15. The molecule has 3 nitrogen and oxygen atoms in total. The van der Waals surface area contributed by atoms with Crippen LogP contribution < -0.4 is 10.1 Å². The first-order valence-electron chi connectivity index (χ1n) is 7.23. The number of alkyl halides is 3. The number of ether oxygens (including phenoxy) is 1. The zero-order valence-electron chi connectivity index (χ0n) is 13.0. The molecule has 1 unspecified atom stereocenters. The molecular weight excluding hydrogens is 317 g/mol. The van der Waals surface area contributed by atoms with Crippen molar-refractivity contribution in [3.63, 3.8) is 0 Å². The van der Waals surface area contributed by atoms with E-state index in [9.17, 15) is 13.2 Å². The second-order valence-electron chi connectivity index (χ2n) is 5.13. The van der Waals surface area contributed by atoms with Gasteiger partial charge in [-0.25, -0.2) is 0 Å². The van der Waals surface area contributed by atoms with Crippen LogP contribution in [-0.4, -0.2) is 11.3 Å². The summed E-state index contributed by atoms with van der Waals surface area (Å²) in [6.07, 6.45) is 2.32. The zero-order chi connectivity index (χ0) is 17.6. The van der Waals surface area contributed by atoms with Gasteiger partial charge in [-0.1, -0.05) is 30.9 Å². The van der Waals surface area contributed by atoms with E-state index in [2.05, 4.69) is 21.6 Å². The number of hydrogen-bond donors (Lipinski definition) is 1. The number of halogens is 3. The molecule has 1 aromatic carbocycles. The van der Waals surface area contributed by atoms with Gasteiger partial charge in [0.2, 0.25) is 0 Å². The maximum absolute atomic E-state index is 12.3. The standard InChI is InChI=1S/C18H17F3N2O/c1-13(8-9-15-5-4-10-22-12-15)23-14(2)16-6-3-7-17(11-16)24-18(19,20)21/h3-12,14,23H,1H2,2H3/b9-8+. The number of nitrogens with one attached hydrogen (secondary N) is 1. The molecule has 0 aliphatic rings. The van der Waals surface area contributed by atoms with Crippen molar-refractivity contribution < 1.29 is 17.9 Å². The highest BCUT2D eigenvalue weighted by molar-refractivity contribution is 5.51. The van der Waals surface area contributed by atoms with Crippen LogP contribution in [0.25, 0.3) is 6.08 Å². The van der Waals surface area contributed by atoms with Crippen molar-refractivity contribution in [2.45, 2.75) is 19.3 Å². The summed E-state index contributed by atoms with van der Waals surface area (Å²) >= 11 is 0. The van der Waals surface area contributed by atoms with Gasteiger partial charge in [-0.3, -0.25) is 4.98 Å². The van der Waals surface area contributed by atoms with E-state index >= 15 is 0 Å². The van der Waals surface area contributed by atoms with E-state index in [0.717, 1.165) is 5.56 Å². The van der Waals surface area contributed by atoms with Gasteiger partial charge in [-0.05, 0) is 42.3 Å². The summed E-state index contributed by atoms with van der Waals surface area (Å²) in [6.45, 7) is 5.72. The van der Waals surface area contributed by atoms with Gasteiger partial charge in [0.25, 0.3) is 0 Å². The molecule has 0 saturated heterocycles. The predicted octanol–water partition coefficient (Wildman–Crippen LogP) is 4.86. The van der Waals surface area contributed by atoms with Crippen LogP contribution in [0.3, 0.4) is 0 Å². The molecule has 6 heteroatoms. The first kappa shape index (κ1) is 17.6. The third-order valence-corrected chi connectivity index (χ3v) is 3.15. The number of benzene rings is 1. The first-order chi connectivity index (χ1) is 11.3. The molecule has 0 amide bonds. The monoisotopic (exact) mass is 334 g/mol. The number of hydrogen-bond acceptors (Lipinski definition) is 3. The number of aromatic nitrogens is 1. The highest BCUT2D eigenvalue weighted by atomic mass is 19.4. The van der Waals surface area contributed by atoms with Crippen LogP contribution in [0.2, 0.25) is 0 Å². The minimum absolute atomic E-state index is 0.229. The van der Waals surface area contributed by atoms with Crippen LogP contribution in [0.15, 0.2) is 67.1 Å². The molecule has 0 spiro atoms. The summed E-state index contributed by atoms with van der Waals surface area (Å²) in [5.74, 6) is -0.245. The second kappa shape index (κ2) is 7.68. The van der Waals surface area contributed by atoms with Crippen LogP contribution in [0.1, 0.15) is 24.1 Å². The van der Waals surface area contributed by atoms with E-state index in [-0.39, 0.29) is 11.8 Å². The summed E-state index contributed by atoms with van der Waals surface area (Å²) in [7, 11) is 0. The average Bonchev–Trinajstić information content (AvgIpc) is 2.52. The SMILES string of the molecule is C=C(/C=C/c1cccnc1)NC(C)c1cccc(OC(F)(F)F)c1. The van der Waals surface area contributed by atoms with Gasteiger partial charge in [-0.2, -0.15) is 0 Å². The van der Waals surface area contributed by atoms with Crippen molar-refractivity contribution in [1.29, 1.82) is 0 Å². The predicted molar refractivity (Wildman–Crippen MR) is 87.1 cm³/mol. The maximum atomic E-state index is 12.3. The van der Waals surface area contributed by atoms with E-state index in [1.165, 1.54) is 18.2 Å². The van der Waals surface area contributed by atoms with Crippen LogP contribution in [0.4, 0.5) is 13.2 Å². The van der Waals surface area contributed by atoms with Gasteiger partial charge in [0.15, 0.2) is 0 Å². The summed E-state index contributed by atoms with van der Waals surface area (Å²) < 4.78 is 40.8. The van der Waals surface area contributed by atoms with Crippen molar-refractivity contribution in [1.82, 2.24) is 10.3 Å². The number of allylic oxidation sites excluding steroid dienone is 1. The quantitative estimate of drug-likeness (QED) is 0.766. The van der Waals surface area contributed by atoms with Gasteiger partial charge >= 0.3 is 6.36 Å². The molecule has 1 atom stereocenters. The fourth-order valence-corrected chi connectivity index (χ4v) is 2.06. The van der Waals surface area contributed by atoms with E-state index in [0.29, 0.717) is 11.3 Å². The lowest BCUT2D eigenvalue weighted by Crippen LogP contribution is -2.18. The molecule has 0 radical (unpaired) electrons. The smallest absolute Gasteiger partial charge is 0.406 e. The fraction of sp³-hybridized carbons (Fsp3) is 0.167. The molecule has 2 aromatic rings. The zero-order valence-corrected chi connectivity index (χ0v) is 13.0. The van der Waals surface area contributed by atoms with Crippen LogP contribution >= 0.6 is 0 Å². The lowest BCUT2D eigenvalue weighted by molar-refractivity contribution is -0.274. The Morgan fingerprint density at radius 1 is 1.29 bits per heavy atom. The largest absolute Gasteiger partial charge is 0.573 e. The fourth-order valence-electron chi connectivity index (χ4n) is 2.06. The molecule has 1 aromatic heterocycles. The normalized spacial score (nSPS) is 12.8. The van der Waals surface area contributed by atoms with E-state index < -0.39 is 6.36 Å². The van der Waals surface area contributed by atoms with Crippen molar-refractivity contribution in [3.05, 3.63) is 78.3 Å². The first-order valence-corrected chi connectivity index (χ1v) is 7.23. The molecule has 0 fully saturated rings. The van der Waals surface area contributed by atoms with Crippen molar-refractivity contribution >= 4 is 6.08 Å². The number of nitrogens with zero attached hydrogens (tertiary/aromatic N) is 1. The molecule has 126 valence electrons. The molecule has 1 heterocycles. The van der Waals surface area contributed by atoms with Gasteiger partial charge in [-0.15, -0.1) is 13.2 Å². The highest BCUT2D eigenvalue weighted by Gasteiger charge is 2.31. The van der Waals surface area contributed by atoms with Gasteiger partial charge in [0.05, 0.1) is 0 Å². The third kappa shape index (κ3) is 5.79. The Morgan fingerprint density at radius 2 is 2.08 bits per heavy atom. The Labute approximate surface area is 138 Å². The second-order valence-corrected chi connectivity index (χ2v) is 5.13. The van der Waals surface area contributed by atoms with E-state index in [1.807, 2.05) is 25.1 Å². The van der Waals surface area contributed by atoms with Gasteiger partial charge in [0, 0.05) is 24.1 Å². The average molecular weight is 334 g/mol. The van der Waals surface area contributed by atoms with Gasteiger partial charge in [0.1, 0.15) is 5.75 Å². The van der Waals surface area contributed by atoms with E-state index in [4.69, 9.17) is 0 Å². The van der Waals surface area contributed by atoms with E-state index in [1.54, 1.807) is 24.5 Å². The molecular formula is C18H17F3N2O. The molecule has 1 N–H and O–H groups in total. The minimum atomic E-state index is -4.70. The lowest BCUT2D eigenvalue weighted by Gasteiger charge is -2.17. The topological polar surface area (TPSA) is 34.2 Å².